The molecule has 0 heterocycles. The van der Waals surface area contributed by atoms with Crippen molar-refractivity contribution in [3.05, 3.63) is 35.9 Å². The Kier molecular flexibility index (Phi) is 6.19. The molecule has 0 radical (unpaired) electrons. The van der Waals surface area contributed by atoms with Gasteiger partial charge in [-0.1, -0.05) is 30.3 Å². The summed E-state index contributed by atoms with van der Waals surface area (Å²) < 4.78 is 4.83. The Morgan fingerprint density at radius 3 is 2.69 bits per heavy atom. The first-order valence-corrected chi connectivity index (χ1v) is 5.16. The van der Waals surface area contributed by atoms with E-state index in [1.54, 1.807) is 7.11 Å². The highest BCUT2D eigenvalue weighted by atomic mass is 16.7. The monoisotopic (exact) mass is 220 g/mol. The molecule has 0 aliphatic rings. The number of nitrogens with one attached hydrogen (secondary N) is 1. The van der Waals surface area contributed by atoms with Crippen molar-refractivity contribution in [2.75, 3.05) is 26.9 Å². The maximum atomic E-state index is 9.01. The lowest BCUT2D eigenvalue weighted by Gasteiger charge is -2.10. The van der Waals surface area contributed by atoms with Crippen LogP contribution in [0.5, 0.6) is 0 Å². The number of nitrogens with zero attached hydrogens (tertiary/aromatic N) is 1. The van der Waals surface area contributed by atoms with Crippen molar-refractivity contribution in [1.82, 2.24) is 5.48 Å². The molecule has 0 fully saturated rings. The first-order valence-electron chi connectivity index (χ1n) is 5.16. The molecule has 0 bridgehead atoms. The predicted octanol–water partition coefficient (Wildman–Crippen LogP) is 1.46. The van der Waals surface area contributed by atoms with Crippen LogP contribution >= 0.6 is 0 Å². The normalized spacial score (nSPS) is 12.0. The van der Waals surface area contributed by atoms with E-state index < -0.39 is 0 Å². The lowest BCUT2D eigenvalue weighted by molar-refractivity contribution is 0.00631. The fourth-order valence-corrected chi connectivity index (χ4v) is 1.26. The van der Waals surface area contributed by atoms with E-state index in [0.29, 0.717) is 19.8 Å². The second-order valence-corrected chi connectivity index (χ2v) is 3.28. The smallest absolute Gasteiger partial charge is 0.0915 e. The first-order chi connectivity index (χ1) is 7.88. The van der Waals surface area contributed by atoms with E-state index in [1.807, 2.05) is 30.3 Å². The van der Waals surface area contributed by atoms with Gasteiger partial charge in [0.2, 0.25) is 0 Å². The molecule has 1 rings (SSSR count). The summed E-state index contributed by atoms with van der Waals surface area (Å²) in [6, 6.07) is 11.9. The van der Waals surface area contributed by atoms with Crippen molar-refractivity contribution in [2.24, 2.45) is 0 Å². The number of benzene rings is 1. The van der Waals surface area contributed by atoms with Crippen molar-refractivity contribution < 1.29 is 9.57 Å². The van der Waals surface area contributed by atoms with Crippen molar-refractivity contribution in [3.63, 3.8) is 0 Å². The van der Waals surface area contributed by atoms with E-state index >= 15 is 0 Å². The standard InChI is InChI=1S/C12H16N2O2/c1-15-7-8-16-14-10-12(9-13)11-5-3-2-4-6-11/h2-6,12,14H,7-8,10H2,1H3. The number of rotatable bonds is 7. The molecule has 1 N–H and O–H groups in total. The summed E-state index contributed by atoms with van der Waals surface area (Å²) in [7, 11) is 1.62. The molecular formula is C12H16N2O2. The molecule has 0 amide bonds. The Morgan fingerprint density at radius 2 is 2.06 bits per heavy atom. The topological polar surface area (TPSA) is 54.3 Å². The van der Waals surface area contributed by atoms with Crippen LogP contribution in [-0.4, -0.2) is 26.9 Å². The summed E-state index contributed by atoms with van der Waals surface area (Å²) in [6.07, 6.45) is 0. The van der Waals surface area contributed by atoms with Crippen molar-refractivity contribution >= 4 is 0 Å². The number of hydrogen-bond acceptors (Lipinski definition) is 4. The zero-order valence-electron chi connectivity index (χ0n) is 9.35. The summed E-state index contributed by atoms with van der Waals surface area (Å²) in [5.74, 6) is -0.191. The van der Waals surface area contributed by atoms with Gasteiger partial charge < -0.3 is 4.74 Å². The van der Waals surface area contributed by atoms with Crippen LogP contribution in [0.3, 0.4) is 0 Å². The van der Waals surface area contributed by atoms with Gasteiger partial charge in [0.05, 0.1) is 25.2 Å². The molecule has 0 aliphatic heterocycles. The van der Waals surface area contributed by atoms with Crippen molar-refractivity contribution in [1.29, 1.82) is 5.26 Å². The van der Waals surface area contributed by atoms with E-state index in [4.69, 9.17) is 14.8 Å². The maximum absolute atomic E-state index is 9.01. The van der Waals surface area contributed by atoms with Crippen LogP contribution in [0.1, 0.15) is 11.5 Å². The minimum atomic E-state index is -0.191. The van der Waals surface area contributed by atoms with Gasteiger partial charge in [-0.05, 0) is 5.56 Å². The Hall–Kier alpha value is -1.41. The Labute approximate surface area is 95.7 Å². The van der Waals surface area contributed by atoms with Gasteiger partial charge in [-0.15, -0.1) is 0 Å². The second-order valence-electron chi connectivity index (χ2n) is 3.28. The molecule has 1 atom stereocenters. The van der Waals surface area contributed by atoms with E-state index in [-0.39, 0.29) is 5.92 Å². The maximum Gasteiger partial charge on any atom is 0.0915 e. The van der Waals surface area contributed by atoms with Gasteiger partial charge in [0.15, 0.2) is 0 Å². The third kappa shape index (κ3) is 4.41. The fraction of sp³-hybridized carbons (Fsp3) is 0.417. The van der Waals surface area contributed by atoms with Gasteiger partial charge in [0.1, 0.15) is 0 Å². The van der Waals surface area contributed by atoms with Gasteiger partial charge >= 0.3 is 0 Å². The molecule has 0 saturated heterocycles. The fourth-order valence-electron chi connectivity index (χ4n) is 1.26. The Morgan fingerprint density at radius 1 is 1.31 bits per heavy atom. The van der Waals surface area contributed by atoms with Crippen molar-refractivity contribution in [3.8, 4) is 6.07 Å². The van der Waals surface area contributed by atoms with Crippen LogP contribution in [0.15, 0.2) is 30.3 Å². The van der Waals surface area contributed by atoms with Crippen LogP contribution in [0.4, 0.5) is 0 Å². The van der Waals surface area contributed by atoms with E-state index in [0.717, 1.165) is 5.56 Å². The van der Waals surface area contributed by atoms with E-state index in [9.17, 15) is 0 Å². The van der Waals surface area contributed by atoms with Gasteiger partial charge in [-0.25, -0.2) is 5.48 Å². The van der Waals surface area contributed by atoms with E-state index in [2.05, 4.69) is 11.5 Å². The predicted molar refractivity (Wildman–Crippen MR) is 60.6 cm³/mol. The Bertz CT molecular complexity index is 322. The molecule has 1 unspecified atom stereocenters. The molecule has 16 heavy (non-hydrogen) atoms. The third-order valence-electron chi connectivity index (χ3n) is 2.14. The van der Waals surface area contributed by atoms with Crippen LogP contribution in [0.2, 0.25) is 0 Å². The summed E-state index contributed by atoms with van der Waals surface area (Å²) in [5, 5.41) is 9.01. The molecule has 86 valence electrons. The molecule has 4 nitrogen and oxygen atoms in total. The number of hydroxylamine groups is 1. The highest BCUT2D eigenvalue weighted by Crippen LogP contribution is 2.12. The van der Waals surface area contributed by atoms with Gasteiger partial charge in [0, 0.05) is 13.7 Å². The largest absolute Gasteiger partial charge is 0.382 e. The zero-order chi connectivity index (χ0) is 11.6. The summed E-state index contributed by atoms with van der Waals surface area (Å²) in [5.41, 5.74) is 3.76. The van der Waals surface area contributed by atoms with Crippen LogP contribution in [0.25, 0.3) is 0 Å². The number of nitriles is 1. The number of hydrogen-bond donors (Lipinski definition) is 1. The van der Waals surface area contributed by atoms with Crippen molar-refractivity contribution in [2.45, 2.75) is 5.92 Å². The zero-order valence-corrected chi connectivity index (χ0v) is 9.35. The van der Waals surface area contributed by atoms with Crippen LogP contribution in [0, 0.1) is 11.3 Å². The minimum Gasteiger partial charge on any atom is -0.382 e. The highest BCUT2D eigenvalue weighted by Gasteiger charge is 2.08. The molecule has 4 heteroatoms. The Balaban J connectivity index is 2.31. The molecule has 0 spiro atoms. The average Bonchev–Trinajstić information content (AvgIpc) is 2.35. The minimum absolute atomic E-state index is 0.191. The molecule has 1 aromatic carbocycles. The molecule has 1 aromatic rings. The van der Waals surface area contributed by atoms with Gasteiger partial charge in [-0.3, -0.25) is 4.84 Å². The highest BCUT2D eigenvalue weighted by molar-refractivity contribution is 5.24. The molecule has 0 aliphatic carbocycles. The molecular weight excluding hydrogens is 204 g/mol. The third-order valence-corrected chi connectivity index (χ3v) is 2.14. The number of methoxy groups -OCH3 is 1. The van der Waals surface area contributed by atoms with Crippen LogP contribution < -0.4 is 5.48 Å². The van der Waals surface area contributed by atoms with E-state index in [1.165, 1.54) is 0 Å². The first kappa shape index (κ1) is 12.7. The van der Waals surface area contributed by atoms with Crippen LogP contribution in [-0.2, 0) is 9.57 Å². The van der Waals surface area contributed by atoms with Gasteiger partial charge in [0.25, 0.3) is 0 Å². The summed E-state index contributed by atoms with van der Waals surface area (Å²) >= 11 is 0. The molecule has 0 aromatic heterocycles. The summed E-state index contributed by atoms with van der Waals surface area (Å²) in [6.45, 7) is 1.49. The quantitative estimate of drug-likeness (QED) is 0.558. The number of ether oxygens (including phenoxy) is 1. The average molecular weight is 220 g/mol. The van der Waals surface area contributed by atoms with Gasteiger partial charge in [-0.2, -0.15) is 5.26 Å². The lowest BCUT2D eigenvalue weighted by atomic mass is 10.0. The lowest BCUT2D eigenvalue weighted by Crippen LogP contribution is -2.23. The second kappa shape index (κ2) is 7.83. The molecule has 0 saturated carbocycles. The summed E-state index contributed by atoms with van der Waals surface area (Å²) in [4.78, 5) is 5.10. The SMILES string of the molecule is COCCONCC(C#N)c1ccccc1.